The van der Waals surface area contributed by atoms with Crippen molar-refractivity contribution >= 4 is 0 Å². The summed E-state index contributed by atoms with van der Waals surface area (Å²) in [5, 5.41) is 0. The van der Waals surface area contributed by atoms with Crippen LogP contribution in [0.1, 0.15) is 22.8 Å². The van der Waals surface area contributed by atoms with Crippen LogP contribution < -0.4 is 5.73 Å². The van der Waals surface area contributed by atoms with Crippen molar-refractivity contribution in [1.82, 2.24) is 0 Å². The highest BCUT2D eigenvalue weighted by Crippen LogP contribution is 2.26. The highest BCUT2D eigenvalue weighted by molar-refractivity contribution is 5.32. The molecule has 0 saturated heterocycles. The van der Waals surface area contributed by atoms with Gasteiger partial charge in [0.15, 0.2) is 0 Å². The molecule has 0 heterocycles. The number of benzene rings is 2. The molecule has 1 atom stereocenters. The average molecular weight is 259 g/mol. The van der Waals surface area contributed by atoms with Gasteiger partial charge in [-0.05, 0) is 30.2 Å². The molecule has 0 amide bonds. The fraction of sp³-hybridized carbons (Fsp3) is 0.250. The molecule has 2 aromatic rings. The molecule has 0 spiro atoms. The highest BCUT2D eigenvalue weighted by Gasteiger charge is 2.14. The van der Waals surface area contributed by atoms with Crippen molar-refractivity contribution < 1.29 is 9.13 Å². The molecule has 0 aliphatic heterocycles. The summed E-state index contributed by atoms with van der Waals surface area (Å²) < 4.78 is 18.8. The standard InChI is InChI=1S/C16H18FNO/c1-12-3-2-4-14(11-12)16(19-10-9-18)13-5-7-15(17)8-6-13/h2-8,11,16H,9-10,18H2,1H3. The third kappa shape index (κ3) is 3.63. The van der Waals surface area contributed by atoms with E-state index in [4.69, 9.17) is 10.5 Å². The van der Waals surface area contributed by atoms with Gasteiger partial charge < -0.3 is 10.5 Å². The van der Waals surface area contributed by atoms with Gasteiger partial charge in [0.1, 0.15) is 11.9 Å². The van der Waals surface area contributed by atoms with Gasteiger partial charge in [-0.15, -0.1) is 0 Å². The molecule has 0 saturated carbocycles. The van der Waals surface area contributed by atoms with E-state index in [0.717, 1.165) is 11.1 Å². The van der Waals surface area contributed by atoms with E-state index in [1.54, 1.807) is 12.1 Å². The summed E-state index contributed by atoms with van der Waals surface area (Å²) in [5.74, 6) is -0.245. The van der Waals surface area contributed by atoms with Gasteiger partial charge in [0, 0.05) is 6.54 Å². The maximum absolute atomic E-state index is 13.0. The first-order valence-corrected chi connectivity index (χ1v) is 6.34. The maximum Gasteiger partial charge on any atom is 0.123 e. The van der Waals surface area contributed by atoms with Crippen molar-refractivity contribution in [3.8, 4) is 0 Å². The Morgan fingerprint density at radius 1 is 1.11 bits per heavy atom. The van der Waals surface area contributed by atoms with E-state index in [1.165, 1.54) is 17.7 Å². The molecular formula is C16H18FNO. The van der Waals surface area contributed by atoms with Crippen molar-refractivity contribution in [3.63, 3.8) is 0 Å². The van der Waals surface area contributed by atoms with E-state index >= 15 is 0 Å². The highest BCUT2D eigenvalue weighted by atomic mass is 19.1. The average Bonchev–Trinajstić information content (AvgIpc) is 2.41. The summed E-state index contributed by atoms with van der Waals surface area (Å²) in [6.45, 7) is 2.97. The van der Waals surface area contributed by atoms with Crippen molar-refractivity contribution in [1.29, 1.82) is 0 Å². The maximum atomic E-state index is 13.0. The van der Waals surface area contributed by atoms with Gasteiger partial charge in [0.25, 0.3) is 0 Å². The predicted octanol–water partition coefficient (Wildman–Crippen LogP) is 3.20. The number of ether oxygens (including phenoxy) is 1. The van der Waals surface area contributed by atoms with Crippen LogP contribution in [-0.4, -0.2) is 13.2 Å². The molecule has 100 valence electrons. The minimum absolute atomic E-state index is 0.205. The van der Waals surface area contributed by atoms with Gasteiger partial charge in [-0.2, -0.15) is 0 Å². The van der Waals surface area contributed by atoms with Crippen LogP contribution in [0.15, 0.2) is 48.5 Å². The molecule has 2 aromatic carbocycles. The number of hydrogen-bond donors (Lipinski definition) is 1. The Kier molecular flexibility index (Phi) is 4.66. The van der Waals surface area contributed by atoms with E-state index in [2.05, 4.69) is 6.07 Å². The second kappa shape index (κ2) is 6.45. The van der Waals surface area contributed by atoms with Crippen LogP contribution in [0.3, 0.4) is 0 Å². The number of halogens is 1. The smallest absolute Gasteiger partial charge is 0.123 e. The molecular weight excluding hydrogens is 241 g/mol. The van der Waals surface area contributed by atoms with Crippen molar-refractivity contribution in [2.45, 2.75) is 13.0 Å². The van der Waals surface area contributed by atoms with Crippen LogP contribution >= 0.6 is 0 Å². The zero-order valence-electron chi connectivity index (χ0n) is 11.0. The van der Waals surface area contributed by atoms with Gasteiger partial charge in [-0.1, -0.05) is 42.0 Å². The van der Waals surface area contributed by atoms with E-state index in [1.807, 2.05) is 25.1 Å². The Morgan fingerprint density at radius 2 is 1.84 bits per heavy atom. The monoisotopic (exact) mass is 259 g/mol. The molecule has 2 N–H and O–H groups in total. The number of rotatable bonds is 5. The van der Waals surface area contributed by atoms with Gasteiger partial charge in [-0.25, -0.2) is 4.39 Å². The van der Waals surface area contributed by atoms with Crippen LogP contribution in [0, 0.1) is 12.7 Å². The Morgan fingerprint density at radius 3 is 2.47 bits per heavy atom. The second-order valence-electron chi connectivity index (χ2n) is 4.51. The molecule has 0 aromatic heterocycles. The first-order valence-electron chi connectivity index (χ1n) is 6.34. The predicted molar refractivity (Wildman–Crippen MR) is 74.4 cm³/mol. The van der Waals surface area contributed by atoms with Crippen molar-refractivity contribution in [2.24, 2.45) is 5.73 Å². The van der Waals surface area contributed by atoms with Gasteiger partial charge in [0.05, 0.1) is 6.61 Å². The fourth-order valence-corrected chi connectivity index (χ4v) is 2.04. The largest absolute Gasteiger partial charge is 0.367 e. The van der Waals surface area contributed by atoms with E-state index in [-0.39, 0.29) is 11.9 Å². The Labute approximate surface area is 113 Å². The van der Waals surface area contributed by atoms with Crippen LogP contribution in [0.4, 0.5) is 4.39 Å². The third-order valence-electron chi connectivity index (χ3n) is 2.92. The first-order chi connectivity index (χ1) is 9.20. The number of nitrogens with two attached hydrogens (primary N) is 1. The third-order valence-corrected chi connectivity index (χ3v) is 2.92. The molecule has 19 heavy (non-hydrogen) atoms. The molecule has 3 heteroatoms. The Bertz CT molecular complexity index is 525. The topological polar surface area (TPSA) is 35.2 Å². The summed E-state index contributed by atoms with van der Waals surface area (Å²) in [4.78, 5) is 0. The zero-order valence-corrected chi connectivity index (χ0v) is 11.0. The Balaban J connectivity index is 2.32. The molecule has 0 fully saturated rings. The lowest BCUT2D eigenvalue weighted by atomic mass is 10.00. The molecule has 0 bridgehead atoms. The van der Waals surface area contributed by atoms with Gasteiger partial charge >= 0.3 is 0 Å². The fourth-order valence-electron chi connectivity index (χ4n) is 2.04. The Hall–Kier alpha value is -1.71. The summed E-state index contributed by atoms with van der Waals surface area (Å²) in [5.41, 5.74) is 8.66. The first kappa shape index (κ1) is 13.7. The minimum Gasteiger partial charge on any atom is -0.367 e. The van der Waals surface area contributed by atoms with E-state index < -0.39 is 0 Å². The SMILES string of the molecule is Cc1cccc(C(OCCN)c2ccc(F)cc2)c1. The lowest BCUT2D eigenvalue weighted by molar-refractivity contribution is 0.0864. The van der Waals surface area contributed by atoms with Crippen molar-refractivity contribution in [3.05, 3.63) is 71.0 Å². The second-order valence-corrected chi connectivity index (χ2v) is 4.51. The molecule has 1 unspecified atom stereocenters. The van der Waals surface area contributed by atoms with Gasteiger partial charge in [-0.3, -0.25) is 0 Å². The lowest BCUT2D eigenvalue weighted by Gasteiger charge is -2.19. The van der Waals surface area contributed by atoms with Crippen LogP contribution in [-0.2, 0) is 4.74 Å². The number of aryl methyl sites for hydroxylation is 1. The molecule has 0 aliphatic carbocycles. The molecule has 0 radical (unpaired) electrons. The quantitative estimate of drug-likeness (QED) is 0.895. The van der Waals surface area contributed by atoms with Crippen LogP contribution in [0.2, 0.25) is 0 Å². The molecule has 2 nitrogen and oxygen atoms in total. The lowest BCUT2D eigenvalue weighted by Crippen LogP contribution is -2.14. The normalized spacial score (nSPS) is 12.4. The molecule has 2 rings (SSSR count). The summed E-state index contributed by atoms with van der Waals surface area (Å²) in [6, 6.07) is 14.5. The van der Waals surface area contributed by atoms with Crippen LogP contribution in [0.5, 0.6) is 0 Å². The van der Waals surface area contributed by atoms with E-state index in [9.17, 15) is 4.39 Å². The van der Waals surface area contributed by atoms with Gasteiger partial charge in [0.2, 0.25) is 0 Å². The van der Waals surface area contributed by atoms with Crippen molar-refractivity contribution in [2.75, 3.05) is 13.2 Å². The van der Waals surface area contributed by atoms with E-state index in [0.29, 0.717) is 13.2 Å². The van der Waals surface area contributed by atoms with Crippen LogP contribution in [0.25, 0.3) is 0 Å². The summed E-state index contributed by atoms with van der Waals surface area (Å²) in [6.07, 6.45) is -0.205. The summed E-state index contributed by atoms with van der Waals surface area (Å²) >= 11 is 0. The molecule has 0 aliphatic rings. The number of hydrogen-bond acceptors (Lipinski definition) is 2. The minimum atomic E-state index is -0.245. The zero-order chi connectivity index (χ0) is 13.7. The summed E-state index contributed by atoms with van der Waals surface area (Å²) in [7, 11) is 0.